The van der Waals surface area contributed by atoms with E-state index in [4.69, 9.17) is 10.5 Å². The molecule has 1 aliphatic rings. The Labute approximate surface area is 127 Å². The van der Waals surface area contributed by atoms with Crippen LogP contribution in [0.25, 0.3) is 0 Å². The monoisotopic (exact) mass is 290 g/mol. The van der Waals surface area contributed by atoms with Crippen LogP contribution in [0.1, 0.15) is 50.3 Å². The molecular weight excluding hydrogens is 264 g/mol. The van der Waals surface area contributed by atoms with Crippen molar-refractivity contribution in [3.8, 4) is 5.75 Å². The van der Waals surface area contributed by atoms with E-state index in [0.29, 0.717) is 12.5 Å². The number of rotatable bonds is 6. The van der Waals surface area contributed by atoms with E-state index in [-0.39, 0.29) is 18.6 Å². The molecule has 0 aromatic heterocycles. The van der Waals surface area contributed by atoms with Crippen LogP contribution in [0.4, 0.5) is 0 Å². The number of nitrogens with one attached hydrogen (secondary N) is 1. The van der Waals surface area contributed by atoms with Crippen molar-refractivity contribution in [2.75, 3.05) is 13.2 Å². The second kappa shape index (κ2) is 7.46. The summed E-state index contributed by atoms with van der Waals surface area (Å²) >= 11 is 0. The summed E-state index contributed by atoms with van der Waals surface area (Å²) in [5, 5.41) is 2.87. The number of hydrogen-bond donors (Lipinski definition) is 2. The Balaban J connectivity index is 1.83. The van der Waals surface area contributed by atoms with E-state index in [1.54, 1.807) is 0 Å². The molecule has 0 radical (unpaired) electrons. The third kappa shape index (κ3) is 4.74. The molecule has 0 spiro atoms. The maximum atomic E-state index is 11.7. The highest BCUT2D eigenvalue weighted by molar-refractivity contribution is 5.77. The molecule has 1 atom stereocenters. The largest absolute Gasteiger partial charge is 0.484 e. The Morgan fingerprint density at radius 3 is 3.05 bits per heavy atom. The average Bonchev–Trinajstić information content (AvgIpc) is 2.45. The van der Waals surface area contributed by atoms with Gasteiger partial charge < -0.3 is 15.8 Å². The molecule has 1 aromatic rings. The molecule has 4 nitrogen and oxygen atoms in total. The van der Waals surface area contributed by atoms with Gasteiger partial charge in [-0.05, 0) is 54.9 Å². The predicted molar refractivity (Wildman–Crippen MR) is 84.3 cm³/mol. The SMILES string of the molecule is CC(C)CCNC(=O)COc1ccc2c(c1)C(N)CCC2. The van der Waals surface area contributed by atoms with Crippen molar-refractivity contribution in [2.24, 2.45) is 11.7 Å². The summed E-state index contributed by atoms with van der Waals surface area (Å²) in [6.07, 6.45) is 4.23. The summed E-state index contributed by atoms with van der Waals surface area (Å²) < 4.78 is 5.57. The summed E-state index contributed by atoms with van der Waals surface area (Å²) in [6, 6.07) is 6.08. The van der Waals surface area contributed by atoms with Gasteiger partial charge in [0.15, 0.2) is 6.61 Å². The number of nitrogens with two attached hydrogens (primary N) is 1. The number of aryl methyl sites for hydroxylation is 1. The van der Waals surface area contributed by atoms with Crippen molar-refractivity contribution >= 4 is 5.91 Å². The molecule has 4 heteroatoms. The molecule has 0 saturated heterocycles. The number of carbonyl (C=O) groups is 1. The minimum absolute atomic E-state index is 0.0616. The van der Waals surface area contributed by atoms with E-state index in [1.807, 2.05) is 12.1 Å². The van der Waals surface area contributed by atoms with E-state index in [9.17, 15) is 4.79 Å². The minimum Gasteiger partial charge on any atom is -0.484 e. The van der Waals surface area contributed by atoms with Crippen molar-refractivity contribution in [3.63, 3.8) is 0 Å². The zero-order chi connectivity index (χ0) is 15.2. The summed E-state index contributed by atoms with van der Waals surface area (Å²) in [5.74, 6) is 1.25. The predicted octanol–water partition coefficient (Wildman–Crippen LogP) is 2.56. The number of hydrogen-bond acceptors (Lipinski definition) is 3. The van der Waals surface area contributed by atoms with E-state index >= 15 is 0 Å². The van der Waals surface area contributed by atoms with Gasteiger partial charge in [-0.2, -0.15) is 0 Å². The van der Waals surface area contributed by atoms with Crippen molar-refractivity contribution in [3.05, 3.63) is 29.3 Å². The highest BCUT2D eigenvalue weighted by Crippen LogP contribution is 2.30. The number of benzene rings is 1. The summed E-state index contributed by atoms with van der Waals surface area (Å²) in [4.78, 5) is 11.7. The molecule has 0 fully saturated rings. The first kappa shape index (κ1) is 15.8. The molecule has 0 saturated carbocycles. The first-order chi connectivity index (χ1) is 10.1. The lowest BCUT2D eigenvalue weighted by molar-refractivity contribution is -0.123. The van der Waals surface area contributed by atoms with Crippen LogP contribution in [0.5, 0.6) is 5.75 Å². The van der Waals surface area contributed by atoms with Gasteiger partial charge >= 0.3 is 0 Å². The topological polar surface area (TPSA) is 64.3 Å². The fourth-order valence-electron chi connectivity index (χ4n) is 2.60. The van der Waals surface area contributed by atoms with Gasteiger partial charge in [0.25, 0.3) is 5.91 Å². The Bertz CT molecular complexity index is 486. The van der Waals surface area contributed by atoms with E-state index in [0.717, 1.165) is 31.4 Å². The normalized spacial score (nSPS) is 17.4. The van der Waals surface area contributed by atoms with Crippen molar-refractivity contribution in [2.45, 2.75) is 45.6 Å². The summed E-state index contributed by atoms with van der Waals surface area (Å²) in [5.41, 5.74) is 8.60. The lowest BCUT2D eigenvalue weighted by Crippen LogP contribution is -2.30. The smallest absolute Gasteiger partial charge is 0.257 e. The summed E-state index contributed by atoms with van der Waals surface area (Å²) in [6.45, 7) is 5.04. The number of ether oxygens (including phenoxy) is 1. The second-order valence-corrected chi connectivity index (χ2v) is 6.18. The number of amides is 1. The Morgan fingerprint density at radius 1 is 1.48 bits per heavy atom. The third-order valence-electron chi connectivity index (χ3n) is 3.89. The van der Waals surface area contributed by atoms with Crippen LogP contribution in [0, 0.1) is 5.92 Å². The lowest BCUT2D eigenvalue weighted by atomic mass is 9.88. The second-order valence-electron chi connectivity index (χ2n) is 6.18. The van der Waals surface area contributed by atoms with E-state index < -0.39 is 0 Å². The molecular formula is C17H26N2O2. The van der Waals surface area contributed by atoms with Crippen molar-refractivity contribution in [1.29, 1.82) is 0 Å². The molecule has 3 N–H and O–H groups in total. The van der Waals surface area contributed by atoms with Crippen LogP contribution in [-0.2, 0) is 11.2 Å². The molecule has 0 heterocycles. The molecule has 2 rings (SSSR count). The average molecular weight is 290 g/mol. The van der Waals surface area contributed by atoms with Gasteiger partial charge in [-0.1, -0.05) is 19.9 Å². The molecule has 1 amide bonds. The van der Waals surface area contributed by atoms with Crippen molar-refractivity contribution in [1.82, 2.24) is 5.32 Å². The fraction of sp³-hybridized carbons (Fsp3) is 0.588. The molecule has 21 heavy (non-hydrogen) atoms. The van der Waals surface area contributed by atoms with Gasteiger partial charge in [-0.3, -0.25) is 4.79 Å². The molecule has 0 aliphatic heterocycles. The Kier molecular flexibility index (Phi) is 5.62. The van der Waals surface area contributed by atoms with E-state index in [1.165, 1.54) is 11.1 Å². The van der Waals surface area contributed by atoms with Gasteiger partial charge in [0.1, 0.15) is 5.75 Å². The molecule has 1 unspecified atom stereocenters. The molecule has 0 bridgehead atoms. The molecule has 1 aliphatic carbocycles. The van der Waals surface area contributed by atoms with Crippen LogP contribution < -0.4 is 15.8 Å². The van der Waals surface area contributed by atoms with Gasteiger partial charge in [0, 0.05) is 12.6 Å². The molecule has 1 aromatic carbocycles. The highest BCUT2D eigenvalue weighted by Gasteiger charge is 2.17. The quantitative estimate of drug-likeness (QED) is 0.846. The Hall–Kier alpha value is -1.55. The van der Waals surface area contributed by atoms with E-state index in [2.05, 4.69) is 25.2 Å². The number of carbonyl (C=O) groups excluding carboxylic acids is 1. The standard InChI is InChI=1S/C17H26N2O2/c1-12(2)8-9-19-17(20)11-21-14-7-6-13-4-3-5-16(18)15(13)10-14/h6-7,10,12,16H,3-5,8-9,11,18H2,1-2H3,(H,19,20). The maximum Gasteiger partial charge on any atom is 0.257 e. The van der Waals surface area contributed by atoms with Crippen molar-refractivity contribution < 1.29 is 9.53 Å². The zero-order valence-corrected chi connectivity index (χ0v) is 13.0. The van der Waals surface area contributed by atoms with Crippen LogP contribution in [0.3, 0.4) is 0 Å². The first-order valence-corrected chi connectivity index (χ1v) is 7.84. The third-order valence-corrected chi connectivity index (χ3v) is 3.89. The van der Waals surface area contributed by atoms with Gasteiger partial charge in [0.05, 0.1) is 0 Å². The number of fused-ring (bicyclic) bond motifs is 1. The molecule has 116 valence electrons. The lowest BCUT2D eigenvalue weighted by Gasteiger charge is -2.22. The van der Waals surface area contributed by atoms with Crippen LogP contribution >= 0.6 is 0 Å². The first-order valence-electron chi connectivity index (χ1n) is 7.84. The minimum atomic E-state index is -0.0716. The van der Waals surface area contributed by atoms with Gasteiger partial charge in [-0.25, -0.2) is 0 Å². The van der Waals surface area contributed by atoms with Crippen LogP contribution in [0.2, 0.25) is 0 Å². The zero-order valence-electron chi connectivity index (χ0n) is 13.0. The highest BCUT2D eigenvalue weighted by atomic mass is 16.5. The van der Waals surface area contributed by atoms with Crippen LogP contribution in [0.15, 0.2) is 18.2 Å². The van der Waals surface area contributed by atoms with Gasteiger partial charge in [-0.15, -0.1) is 0 Å². The van der Waals surface area contributed by atoms with Gasteiger partial charge in [0.2, 0.25) is 0 Å². The van der Waals surface area contributed by atoms with Crippen LogP contribution in [-0.4, -0.2) is 19.1 Å². The summed E-state index contributed by atoms with van der Waals surface area (Å²) in [7, 11) is 0. The maximum absolute atomic E-state index is 11.7. The Morgan fingerprint density at radius 2 is 2.29 bits per heavy atom. The fourth-order valence-corrected chi connectivity index (χ4v) is 2.60.